The second-order valence-electron chi connectivity index (χ2n) is 5.55. The molecule has 2 rings (SSSR count). The lowest BCUT2D eigenvalue weighted by Crippen LogP contribution is -2.41. The molecule has 0 aromatic carbocycles. The maximum atomic E-state index is 12.4. The number of amides is 1. The number of hydrogen-bond acceptors (Lipinski definition) is 2. The quantitative estimate of drug-likeness (QED) is 0.764. The Kier molecular flexibility index (Phi) is 3.73. The summed E-state index contributed by atoms with van der Waals surface area (Å²) in [6.07, 6.45) is 3.22. The number of carbonyl (C=O) groups is 2. The van der Waals surface area contributed by atoms with Gasteiger partial charge >= 0.3 is 5.97 Å². The first kappa shape index (κ1) is 13.1. The average Bonchev–Trinajstić information content (AvgIpc) is 2.84. The van der Waals surface area contributed by atoms with E-state index in [9.17, 15) is 14.7 Å². The molecule has 0 radical (unpaired) electrons. The highest BCUT2D eigenvalue weighted by Crippen LogP contribution is 2.35. The van der Waals surface area contributed by atoms with Crippen molar-refractivity contribution in [2.75, 3.05) is 13.1 Å². The molecule has 2 atom stereocenters. The maximum absolute atomic E-state index is 12.4. The fourth-order valence-corrected chi connectivity index (χ4v) is 2.98. The summed E-state index contributed by atoms with van der Waals surface area (Å²) < 4.78 is 0. The van der Waals surface area contributed by atoms with E-state index in [1.54, 1.807) is 0 Å². The van der Waals surface area contributed by atoms with E-state index in [0.29, 0.717) is 12.8 Å². The number of hydrogen-bond donors (Lipinski definition) is 1. The number of aliphatic carboxylic acids is 1. The van der Waals surface area contributed by atoms with Gasteiger partial charge in [0.2, 0.25) is 5.91 Å². The summed E-state index contributed by atoms with van der Waals surface area (Å²) in [5.41, 5.74) is 2.32. The molecule has 4 heteroatoms. The Hall–Kier alpha value is -1.32. The molecule has 0 saturated carbocycles. The average molecular weight is 251 g/mol. The normalized spacial score (nSPS) is 28.7. The van der Waals surface area contributed by atoms with Crippen LogP contribution in [0.2, 0.25) is 0 Å². The number of allylic oxidation sites excluding steroid dienone is 2. The van der Waals surface area contributed by atoms with Crippen LogP contribution in [-0.4, -0.2) is 35.0 Å². The van der Waals surface area contributed by atoms with Gasteiger partial charge in [0.1, 0.15) is 0 Å². The summed E-state index contributed by atoms with van der Waals surface area (Å²) in [6, 6.07) is 0. The number of carbonyl (C=O) groups excluding carboxylic acids is 1. The van der Waals surface area contributed by atoms with Crippen molar-refractivity contribution in [1.29, 1.82) is 0 Å². The first-order valence-corrected chi connectivity index (χ1v) is 6.67. The van der Waals surface area contributed by atoms with Crippen LogP contribution in [0.25, 0.3) is 0 Å². The van der Waals surface area contributed by atoms with Gasteiger partial charge in [-0.25, -0.2) is 0 Å². The number of carboxylic acids is 1. The van der Waals surface area contributed by atoms with Gasteiger partial charge in [0, 0.05) is 13.1 Å². The van der Waals surface area contributed by atoms with Crippen LogP contribution < -0.4 is 0 Å². The lowest BCUT2D eigenvalue weighted by molar-refractivity contribution is -0.150. The second kappa shape index (κ2) is 5.12. The van der Waals surface area contributed by atoms with Crippen LogP contribution in [0.5, 0.6) is 0 Å². The Bertz CT molecular complexity index is 394. The van der Waals surface area contributed by atoms with Crippen molar-refractivity contribution in [3.8, 4) is 0 Å². The van der Waals surface area contributed by atoms with Crippen LogP contribution in [0.1, 0.15) is 39.5 Å². The van der Waals surface area contributed by atoms with E-state index in [4.69, 9.17) is 0 Å². The molecule has 1 fully saturated rings. The second-order valence-corrected chi connectivity index (χ2v) is 5.55. The van der Waals surface area contributed by atoms with E-state index in [2.05, 4.69) is 0 Å². The molecule has 1 aliphatic carbocycles. The predicted octanol–water partition coefficient (Wildman–Crippen LogP) is 2.06. The van der Waals surface area contributed by atoms with E-state index < -0.39 is 11.9 Å². The predicted molar refractivity (Wildman–Crippen MR) is 68.0 cm³/mol. The van der Waals surface area contributed by atoms with Crippen LogP contribution in [0.15, 0.2) is 11.1 Å². The summed E-state index contributed by atoms with van der Waals surface area (Å²) in [4.78, 5) is 25.6. The molecule has 1 heterocycles. The molecule has 1 saturated heterocycles. The van der Waals surface area contributed by atoms with Crippen molar-refractivity contribution in [3.63, 3.8) is 0 Å². The first-order valence-electron chi connectivity index (χ1n) is 6.67. The van der Waals surface area contributed by atoms with Crippen LogP contribution in [-0.2, 0) is 9.59 Å². The van der Waals surface area contributed by atoms with Crippen molar-refractivity contribution in [3.05, 3.63) is 11.1 Å². The van der Waals surface area contributed by atoms with Gasteiger partial charge in [-0.05, 0) is 39.5 Å². The Balaban J connectivity index is 2.18. The van der Waals surface area contributed by atoms with Crippen molar-refractivity contribution in [2.45, 2.75) is 39.5 Å². The van der Waals surface area contributed by atoms with E-state index in [0.717, 1.165) is 31.5 Å². The van der Waals surface area contributed by atoms with Crippen molar-refractivity contribution in [2.24, 2.45) is 11.8 Å². The zero-order valence-electron chi connectivity index (χ0n) is 11.1. The summed E-state index contributed by atoms with van der Waals surface area (Å²) in [5, 5.41) is 9.31. The van der Waals surface area contributed by atoms with Gasteiger partial charge in [0.15, 0.2) is 0 Å². The monoisotopic (exact) mass is 251 g/mol. The minimum Gasteiger partial charge on any atom is -0.481 e. The Labute approximate surface area is 108 Å². The van der Waals surface area contributed by atoms with Crippen molar-refractivity contribution in [1.82, 2.24) is 4.90 Å². The van der Waals surface area contributed by atoms with E-state index in [1.165, 1.54) is 5.57 Å². The van der Waals surface area contributed by atoms with E-state index in [-0.39, 0.29) is 11.8 Å². The van der Waals surface area contributed by atoms with Gasteiger partial charge in [0.25, 0.3) is 0 Å². The van der Waals surface area contributed by atoms with Crippen LogP contribution >= 0.6 is 0 Å². The summed E-state index contributed by atoms with van der Waals surface area (Å²) in [6.45, 7) is 5.58. The van der Waals surface area contributed by atoms with E-state index >= 15 is 0 Å². The van der Waals surface area contributed by atoms with E-state index in [1.807, 2.05) is 18.7 Å². The fraction of sp³-hybridized carbons (Fsp3) is 0.714. The lowest BCUT2D eigenvalue weighted by atomic mass is 9.76. The van der Waals surface area contributed by atoms with Gasteiger partial charge < -0.3 is 10.0 Å². The molecule has 0 bridgehead atoms. The van der Waals surface area contributed by atoms with Gasteiger partial charge in [-0.3, -0.25) is 9.59 Å². The number of rotatable bonds is 2. The molecule has 1 aliphatic heterocycles. The maximum Gasteiger partial charge on any atom is 0.307 e. The molecule has 0 spiro atoms. The molecule has 1 N–H and O–H groups in total. The first-order chi connectivity index (χ1) is 8.50. The Morgan fingerprint density at radius 2 is 1.56 bits per heavy atom. The van der Waals surface area contributed by atoms with Crippen molar-refractivity contribution >= 4 is 11.9 Å². The zero-order chi connectivity index (χ0) is 13.3. The molecule has 1 amide bonds. The van der Waals surface area contributed by atoms with Gasteiger partial charge in [0.05, 0.1) is 11.8 Å². The third kappa shape index (κ3) is 2.42. The minimum absolute atomic E-state index is 0.0479. The smallest absolute Gasteiger partial charge is 0.307 e. The van der Waals surface area contributed by atoms with Crippen LogP contribution in [0.4, 0.5) is 0 Å². The molecule has 0 unspecified atom stereocenters. The van der Waals surface area contributed by atoms with Crippen LogP contribution in [0.3, 0.4) is 0 Å². The standard InChI is InChI=1S/C14H21NO3/c1-9-7-11(12(14(17)18)8-10(9)2)13(16)15-5-3-4-6-15/h11-12H,3-8H2,1-2H3,(H,17,18)/t11-,12-/m0/s1. The van der Waals surface area contributed by atoms with Gasteiger partial charge in [-0.1, -0.05) is 11.1 Å². The highest BCUT2D eigenvalue weighted by atomic mass is 16.4. The fourth-order valence-electron chi connectivity index (χ4n) is 2.98. The molecule has 4 nitrogen and oxygen atoms in total. The summed E-state index contributed by atoms with van der Waals surface area (Å²) in [5.74, 6) is -1.68. The molecule has 2 aliphatic rings. The summed E-state index contributed by atoms with van der Waals surface area (Å²) >= 11 is 0. The highest BCUT2D eigenvalue weighted by molar-refractivity contribution is 5.85. The third-order valence-electron chi connectivity index (χ3n) is 4.32. The number of carboxylic acid groups (broad SMARTS) is 1. The largest absolute Gasteiger partial charge is 0.481 e. The summed E-state index contributed by atoms with van der Waals surface area (Å²) in [7, 11) is 0. The third-order valence-corrected chi connectivity index (χ3v) is 4.32. The van der Waals surface area contributed by atoms with Gasteiger partial charge in [-0.15, -0.1) is 0 Å². The molecular weight excluding hydrogens is 230 g/mol. The molecule has 0 aromatic rings. The van der Waals surface area contributed by atoms with Gasteiger partial charge in [-0.2, -0.15) is 0 Å². The Morgan fingerprint density at radius 1 is 1.06 bits per heavy atom. The van der Waals surface area contributed by atoms with Crippen LogP contribution in [0, 0.1) is 11.8 Å². The topological polar surface area (TPSA) is 57.6 Å². The minimum atomic E-state index is -0.834. The SMILES string of the molecule is CC1=C(C)C[C@H](C(=O)N2CCCC2)[C@@H](C(=O)O)C1. The molecular formula is C14H21NO3. The number of likely N-dealkylation sites (tertiary alicyclic amines) is 1. The molecule has 100 valence electrons. The molecule has 0 aromatic heterocycles. The Morgan fingerprint density at radius 3 is 2.06 bits per heavy atom. The zero-order valence-corrected chi connectivity index (χ0v) is 11.1. The lowest BCUT2D eigenvalue weighted by Gasteiger charge is -2.32. The van der Waals surface area contributed by atoms with Crippen molar-refractivity contribution < 1.29 is 14.7 Å². The molecule has 18 heavy (non-hydrogen) atoms. The highest BCUT2D eigenvalue weighted by Gasteiger charge is 2.39. The number of nitrogens with zero attached hydrogens (tertiary/aromatic N) is 1.